The Morgan fingerprint density at radius 2 is 1.39 bits per heavy atom. The van der Waals surface area contributed by atoms with Gasteiger partial charge in [-0.1, -0.05) is 84.9 Å². The Morgan fingerprint density at radius 1 is 0.722 bits per heavy atom. The molecule has 4 aromatic rings. The van der Waals surface area contributed by atoms with Crippen LogP contribution in [0, 0.1) is 0 Å². The van der Waals surface area contributed by atoms with Crippen molar-refractivity contribution in [1.82, 2.24) is 5.32 Å². The van der Waals surface area contributed by atoms with Crippen LogP contribution in [0.1, 0.15) is 49.9 Å². The van der Waals surface area contributed by atoms with Crippen molar-refractivity contribution in [3.8, 4) is 11.1 Å². The molecule has 0 saturated carbocycles. The Hall–Kier alpha value is -4.51. The molecule has 0 radical (unpaired) electrons. The van der Waals surface area contributed by atoms with Gasteiger partial charge in [-0.05, 0) is 52.4 Å². The van der Waals surface area contributed by atoms with Gasteiger partial charge < -0.3 is 10.1 Å². The Labute approximate surface area is 209 Å². The van der Waals surface area contributed by atoms with Crippen molar-refractivity contribution in [3.05, 3.63) is 131 Å². The van der Waals surface area contributed by atoms with Crippen molar-refractivity contribution in [2.75, 3.05) is 6.61 Å². The molecule has 0 heterocycles. The smallest absolute Gasteiger partial charge is 0.308 e. The van der Waals surface area contributed by atoms with Gasteiger partial charge in [0.15, 0.2) is 12.4 Å². The summed E-state index contributed by atoms with van der Waals surface area (Å²) in [5.41, 5.74) is 6.41. The average molecular weight is 476 g/mol. The molecule has 5 heteroatoms. The number of amides is 1. The summed E-state index contributed by atoms with van der Waals surface area (Å²) in [6.45, 7) is -0.354. The number of fused-ring (bicyclic) bond motifs is 3. The molecule has 1 aliphatic carbocycles. The molecule has 0 fully saturated rings. The van der Waals surface area contributed by atoms with E-state index in [1.165, 1.54) is 11.1 Å². The van der Waals surface area contributed by atoms with E-state index in [1.54, 1.807) is 30.3 Å². The fraction of sp³-hybridized carbons (Fsp3) is 0.129. The first kappa shape index (κ1) is 23.2. The Kier molecular flexibility index (Phi) is 6.72. The van der Waals surface area contributed by atoms with Gasteiger partial charge in [0, 0.05) is 11.1 Å². The minimum absolute atomic E-state index is 0.0899. The van der Waals surface area contributed by atoms with Crippen LogP contribution < -0.4 is 5.32 Å². The molecule has 0 saturated heterocycles. The van der Waals surface area contributed by atoms with Gasteiger partial charge >= 0.3 is 5.97 Å². The highest BCUT2D eigenvalue weighted by atomic mass is 16.5. The number of hydrogen-bond acceptors (Lipinski definition) is 4. The summed E-state index contributed by atoms with van der Waals surface area (Å²) in [6.07, 6.45) is 0.762. The molecule has 0 spiro atoms. The summed E-state index contributed by atoms with van der Waals surface area (Å²) in [5, 5.41) is 2.91. The molecule has 5 rings (SSSR count). The normalized spacial score (nSPS) is 12.2. The number of nitrogens with one attached hydrogen (secondary N) is 1. The molecule has 1 amide bonds. The monoisotopic (exact) mass is 475 g/mol. The summed E-state index contributed by atoms with van der Waals surface area (Å²) in [7, 11) is 0. The van der Waals surface area contributed by atoms with Crippen LogP contribution in [0.2, 0.25) is 0 Å². The zero-order chi connectivity index (χ0) is 24.9. The van der Waals surface area contributed by atoms with Crippen molar-refractivity contribution in [2.24, 2.45) is 0 Å². The van der Waals surface area contributed by atoms with E-state index in [9.17, 15) is 14.4 Å². The SMILES string of the molecule is O=C(CC(NC(=O)c1ccccc1)c1ccccc1)OCC(=O)c1ccc2c(c1)-c1ccccc1C2. The maximum Gasteiger partial charge on any atom is 0.308 e. The van der Waals surface area contributed by atoms with Gasteiger partial charge in [-0.15, -0.1) is 0 Å². The molecule has 0 bridgehead atoms. The molecular formula is C31H25NO4. The number of hydrogen-bond donors (Lipinski definition) is 1. The number of benzene rings is 4. The van der Waals surface area contributed by atoms with Crippen molar-refractivity contribution in [3.63, 3.8) is 0 Å². The molecular weight excluding hydrogens is 450 g/mol. The zero-order valence-corrected chi connectivity index (χ0v) is 19.6. The lowest BCUT2D eigenvalue weighted by Crippen LogP contribution is -2.31. The van der Waals surface area contributed by atoms with E-state index >= 15 is 0 Å². The first-order valence-corrected chi connectivity index (χ1v) is 11.9. The van der Waals surface area contributed by atoms with Gasteiger partial charge in [-0.3, -0.25) is 14.4 Å². The fourth-order valence-corrected chi connectivity index (χ4v) is 4.52. The third kappa shape index (κ3) is 5.10. The standard InChI is InChI=1S/C31H25NO4/c33-29(25-16-15-24-17-23-13-7-8-14-26(23)27(24)18-25)20-36-30(34)19-28(21-9-3-1-4-10-21)32-31(35)22-11-5-2-6-12-22/h1-16,18,28H,17,19-20H2,(H,32,35). The summed E-state index contributed by atoms with van der Waals surface area (Å²) in [6, 6.07) is 31.3. The third-order valence-electron chi connectivity index (χ3n) is 6.40. The van der Waals surface area contributed by atoms with Crippen molar-refractivity contribution < 1.29 is 19.1 Å². The highest BCUT2D eigenvalue weighted by Crippen LogP contribution is 2.36. The summed E-state index contributed by atoms with van der Waals surface area (Å²) in [5.74, 6) is -1.11. The average Bonchev–Trinajstić information content (AvgIpc) is 3.30. The predicted molar refractivity (Wildman–Crippen MR) is 138 cm³/mol. The second kappa shape index (κ2) is 10.4. The molecule has 178 valence electrons. The molecule has 1 N–H and O–H groups in total. The Bertz CT molecular complexity index is 1410. The van der Waals surface area contributed by atoms with Gasteiger partial charge in [0.25, 0.3) is 5.91 Å². The maximum absolute atomic E-state index is 12.8. The van der Waals surface area contributed by atoms with Gasteiger partial charge in [-0.2, -0.15) is 0 Å². The lowest BCUT2D eigenvalue weighted by Gasteiger charge is -2.19. The van der Waals surface area contributed by atoms with E-state index < -0.39 is 12.0 Å². The van der Waals surface area contributed by atoms with E-state index in [1.807, 2.05) is 60.7 Å². The quantitative estimate of drug-likeness (QED) is 0.236. The number of ether oxygens (including phenoxy) is 1. The number of carbonyl (C=O) groups is 3. The largest absolute Gasteiger partial charge is 0.457 e. The summed E-state index contributed by atoms with van der Waals surface area (Å²) < 4.78 is 5.35. The van der Waals surface area contributed by atoms with Crippen LogP contribution in [-0.2, 0) is 16.0 Å². The molecule has 36 heavy (non-hydrogen) atoms. The molecule has 0 aromatic heterocycles. The molecule has 0 aliphatic heterocycles. The number of Topliss-reactive ketones (excluding diaryl/α,β-unsaturated/α-hetero) is 1. The summed E-state index contributed by atoms with van der Waals surface area (Å²) in [4.78, 5) is 38.3. The van der Waals surface area contributed by atoms with Crippen LogP contribution in [0.4, 0.5) is 0 Å². The van der Waals surface area contributed by atoms with Gasteiger partial charge in [0.2, 0.25) is 0 Å². The first-order chi connectivity index (χ1) is 17.6. The van der Waals surface area contributed by atoms with E-state index in [0.29, 0.717) is 11.1 Å². The predicted octanol–water partition coefficient (Wildman–Crippen LogP) is 5.55. The summed E-state index contributed by atoms with van der Waals surface area (Å²) >= 11 is 0. The highest BCUT2D eigenvalue weighted by Gasteiger charge is 2.22. The minimum atomic E-state index is -0.585. The maximum atomic E-state index is 12.8. The lowest BCUT2D eigenvalue weighted by atomic mass is 10.0. The van der Waals surface area contributed by atoms with Gasteiger partial charge in [0.1, 0.15) is 0 Å². The van der Waals surface area contributed by atoms with Crippen LogP contribution in [0.25, 0.3) is 11.1 Å². The number of esters is 1. The van der Waals surface area contributed by atoms with Crippen LogP contribution in [-0.4, -0.2) is 24.3 Å². The van der Waals surface area contributed by atoms with E-state index in [-0.39, 0.29) is 24.7 Å². The second-order valence-corrected chi connectivity index (χ2v) is 8.80. The molecule has 1 aliphatic rings. The van der Waals surface area contributed by atoms with Gasteiger partial charge in [0.05, 0.1) is 12.5 Å². The van der Waals surface area contributed by atoms with Crippen molar-refractivity contribution in [1.29, 1.82) is 0 Å². The molecule has 1 unspecified atom stereocenters. The minimum Gasteiger partial charge on any atom is -0.457 e. The number of carbonyl (C=O) groups excluding carboxylic acids is 3. The van der Waals surface area contributed by atoms with E-state index in [0.717, 1.165) is 23.1 Å². The van der Waals surface area contributed by atoms with Crippen LogP contribution in [0.15, 0.2) is 103 Å². The number of rotatable bonds is 8. The van der Waals surface area contributed by atoms with Crippen molar-refractivity contribution >= 4 is 17.7 Å². The second-order valence-electron chi connectivity index (χ2n) is 8.80. The first-order valence-electron chi connectivity index (χ1n) is 11.9. The molecule has 5 nitrogen and oxygen atoms in total. The van der Waals surface area contributed by atoms with Gasteiger partial charge in [-0.25, -0.2) is 0 Å². The number of ketones is 1. The third-order valence-corrected chi connectivity index (χ3v) is 6.40. The lowest BCUT2D eigenvalue weighted by molar-refractivity contribution is -0.143. The topological polar surface area (TPSA) is 72.5 Å². The molecule has 4 aromatic carbocycles. The van der Waals surface area contributed by atoms with Crippen LogP contribution >= 0.6 is 0 Å². The van der Waals surface area contributed by atoms with E-state index in [2.05, 4.69) is 17.4 Å². The highest BCUT2D eigenvalue weighted by molar-refractivity contribution is 6.00. The Balaban J connectivity index is 1.24. The Morgan fingerprint density at radius 3 is 2.17 bits per heavy atom. The fourth-order valence-electron chi connectivity index (χ4n) is 4.52. The van der Waals surface area contributed by atoms with Crippen LogP contribution in [0.3, 0.4) is 0 Å². The van der Waals surface area contributed by atoms with Crippen LogP contribution in [0.5, 0.6) is 0 Å². The van der Waals surface area contributed by atoms with E-state index in [4.69, 9.17) is 4.74 Å². The van der Waals surface area contributed by atoms with Crippen molar-refractivity contribution in [2.45, 2.75) is 18.9 Å². The zero-order valence-electron chi connectivity index (χ0n) is 19.6. The molecule has 1 atom stereocenters.